The summed E-state index contributed by atoms with van der Waals surface area (Å²) >= 11 is 5.73. The van der Waals surface area contributed by atoms with Gasteiger partial charge in [0.05, 0.1) is 5.25 Å². The Bertz CT molecular complexity index is 339. The second-order valence-corrected chi connectivity index (χ2v) is 7.10. The zero-order valence-electron chi connectivity index (χ0n) is 9.24. The molecular weight excluding hydrogens is 234 g/mol. The van der Waals surface area contributed by atoms with Gasteiger partial charge < -0.3 is 0 Å². The summed E-state index contributed by atoms with van der Waals surface area (Å²) in [6, 6.07) is 0.0931. The molecule has 0 aliphatic heterocycles. The first-order chi connectivity index (χ1) is 6.82. The Kier molecular flexibility index (Phi) is 4.20. The molecule has 1 aliphatic rings. The van der Waals surface area contributed by atoms with Crippen LogP contribution in [0.4, 0.5) is 0 Å². The van der Waals surface area contributed by atoms with Crippen LogP contribution in [0.2, 0.25) is 0 Å². The highest BCUT2D eigenvalue weighted by molar-refractivity contribution is 7.91. The first-order valence-electron chi connectivity index (χ1n) is 5.04. The molecule has 1 fully saturated rings. The Balaban J connectivity index is 2.72. The van der Waals surface area contributed by atoms with Crippen molar-refractivity contribution in [2.75, 3.05) is 19.8 Å². The molecule has 0 aromatic heterocycles. The van der Waals surface area contributed by atoms with Gasteiger partial charge in [0.1, 0.15) is 0 Å². The molecule has 88 valence electrons. The summed E-state index contributed by atoms with van der Waals surface area (Å²) in [7, 11) is -1.04. The van der Waals surface area contributed by atoms with Crippen molar-refractivity contribution in [3.63, 3.8) is 0 Å². The van der Waals surface area contributed by atoms with E-state index < -0.39 is 9.84 Å². The van der Waals surface area contributed by atoms with E-state index in [0.717, 1.165) is 19.3 Å². The van der Waals surface area contributed by atoms with Crippen LogP contribution in [-0.2, 0) is 9.84 Å². The van der Waals surface area contributed by atoms with Gasteiger partial charge in [0.25, 0.3) is 0 Å². The van der Waals surface area contributed by atoms with Crippen molar-refractivity contribution < 1.29 is 8.42 Å². The van der Waals surface area contributed by atoms with E-state index in [0.29, 0.717) is 11.6 Å². The molecule has 0 unspecified atom stereocenters. The fraction of sp³-hybridized carbons (Fsp3) is 0.800. The molecule has 0 amide bonds. The number of hydrogen-bond acceptors (Lipinski definition) is 3. The standard InChI is InChI=1S/C10H18ClNO2S/c1-8(11)7-12(2)9-5-4-6-10(9)15(3,13)14/h9-10H,1,4-7H2,2-3H3/t9-,10+/m0/s1. The normalized spacial score (nSPS) is 27.2. The van der Waals surface area contributed by atoms with Gasteiger partial charge in [-0.1, -0.05) is 24.6 Å². The number of halogens is 1. The zero-order valence-corrected chi connectivity index (χ0v) is 10.8. The predicted molar refractivity (Wildman–Crippen MR) is 63.9 cm³/mol. The van der Waals surface area contributed by atoms with Crippen molar-refractivity contribution in [1.29, 1.82) is 0 Å². The Morgan fingerprint density at radius 1 is 1.53 bits per heavy atom. The predicted octanol–water partition coefficient (Wildman–Crippen LogP) is 1.64. The van der Waals surface area contributed by atoms with Crippen LogP contribution in [0, 0.1) is 0 Å². The van der Waals surface area contributed by atoms with E-state index in [-0.39, 0.29) is 11.3 Å². The van der Waals surface area contributed by atoms with Crippen LogP contribution in [0.5, 0.6) is 0 Å². The van der Waals surface area contributed by atoms with E-state index in [1.807, 2.05) is 11.9 Å². The van der Waals surface area contributed by atoms with E-state index >= 15 is 0 Å². The van der Waals surface area contributed by atoms with Gasteiger partial charge >= 0.3 is 0 Å². The fourth-order valence-electron chi connectivity index (χ4n) is 2.30. The molecular formula is C10H18ClNO2S. The molecule has 0 aromatic carbocycles. The summed E-state index contributed by atoms with van der Waals surface area (Å²) in [4.78, 5) is 1.99. The van der Waals surface area contributed by atoms with Gasteiger partial charge in [-0.2, -0.15) is 0 Å². The largest absolute Gasteiger partial charge is 0.297 e. The summed E-state index contributed by atoms with van der Waals surface area (Å²) in [5, 5.41) is 0.315. The smallest absolute Gasteiger partial charge is 0.151 e. The second-order valence-electron chi connectivity index (χ2n) is 4.30. The number of sulfone groups is 1. The Labute approximate surface area is 97.0 Å². The first-order valence-corrected chi connectivity index (χ1v) is 7.38. The zero-order chi connectivity index (χ0) is 11.6. The van der Waals surface area contributed by atoms with Crippen LogP contribution in [0.1, 0.15) is 19.3 Å². The van der Waals surface area contributed by atoms with Gasteiger partial charge in [-0.05, 0) is 19.9 Å². The molecule has 0 heterocycles. The molecule has 0 saturated heterocycles. The molecule has 0 N–H and O–H groups in total. The van der Waals surface area contributed by atoms with Crippen LogP contribution in [0.15, 0.2) is 11.6 Å². The SMILES string of the molecule is C=C(Cl)CN(C)[C@H]1CCC[C@H]1S(C)(=O)=O. The number of nitrogens with zero attached hydrogens (tertiary/aromatic N) is 1. The van der Waals surface area contributed by atoms with Crippen LogP contribution in [-0.4, -0.2) is 44.5 Å². The average molecular weight is 252 g/mol. The van der Waals surface area contributed by atoms with Crippen LogP contribution in [0.3, 0.4) is 0 Å². The lowest BCUT2D eigenvalue weighted by Crippen LogP contribution is -2.41. The van der Waals surface area contributed by atoms with E-state index in [1.54, 1.807) is 0 Å². The topological polar surface area (TPSA) is 37.4 Å². The maximum Gasteiger partial charge on any atom is 0.151 e. The minimum Gasteiger partial charge on any atom is -0.297 e. The second kappa shape index (κ2) is 4.85. The average Bonchev–Trinajstić information content (AvgIpc) is 2.48. The molecule has 0 aromatic rings. The molecule has 3 nitrogen and oxygen atoms in total. The molecule has 0 spiro atoms. The molecule has 1 saturated carbocycles. The van der Waals surface area contributed by atoms with Crippen molar-refractivity contribution in [1.82, 2.24) is 4.90 Å². The lowest BCUT2D eigenvalue weighted by atomic mass is 10.2. The maximum atomic E-state index is 11.6. The quantitative estimate of drug-likeness (QED) is 0.762. The van der Waals surface area contributed by atoms with Crippen molar-refractivity contribution in [2.45, 2.75) is 30.6 Å². The molecule has 0 bridgehead atoms. The van der Waals surface area contributed by atoms with Gasteiger partial charge in [0.15, 0.2) is 9.84 Å². The summed E-state index contributed by atoms with van der Waals surface area (Å²) in [5.41, 5.74) is 0. The third-order valence-corrected chi connectivity index (χ3v) is 4.72. The van der Waals surface area contributed by atoms with Gasteiger partial charge in [-0.25, -0.2) is 8.42 Å². The molecule has 15 heavy (non-hydrogen) atoms. The van der Waals surface area contributed by atoms with Crippen molar-refractivity contribution in [2.24, 2.45) is 0 Å². The number of rotatable bonds is 4. The monoisotopic (exact) mass is 251 g/mol. The summed E-state index contributed by atoms with van der Waals surface area (Å²) < 4.78 is 23.1. The van der Waals surface area contributed by atoms with Gasteiger partial charge in [0.2, 0.25) is 0 Å². The van der Waals surface area contributed by atoms with Gasteiger partial charge in [0, 0.05) is 23.9 Å². The Morgan fingerprint density at radius 3 is 2.60 bits per heavy atom. The summed E-state index contributed by atoms with van der Waals surface area (Å²) in [6.07, 6.45) is 3.99. The minimum atomic E-state index is -2.95. The van der Waals surface area contributed by atoms with E-state index in [9.17, 15) is 8.42 Å². The van der Waals surface area contributed by atoms with E-state index in [4.69, 9.17) is 11.6 Å². The third kappa shape index (κ3) is 3.47. The van der Waals surface area contributed by atoms with Gasteiger partial charge in [-0.3, -0.25) is 4.90 Å². The summed E-state index contributed by atoms with van der Waals surface area (Å²) in [6.45, 7) is 4.18. The van der Waals surface area contributed by atoms with Crippen LogP contribution < -0.4 is 0 Å². The van der Waals surface area contributed by atoms with Crippen LogP contribution in [0.25, 0.3) is 0 Å². The van der Waals surface area contributed by atoms with E-state index in [1.165, 1.54) is 6.26 Å². The lowest BCUT2D eigenvalue weighted by molar-refractivity contribution is 0.270. The van der Waals surface area contributed by atoms with Crippen molar-refractivity contribution in [3.8, 4) is 0 Å². The molecule has 1 aliphatic carbocycles. The molecule has 0 radical (unpaired) electrons. The fourth-order valence-corrected chi connectivity index (χ4v) is 4.00. The minimum absolute atomic E-state index is 0.0931. The van der Waals surface area contributed by atoms with Crippen molar-refractivity contribution in [3.05, 3.63) is 11.6 Å². The molecule has 2 atom stereocenters. The molecule has 1 rings (SSSR count). The lowest BCUT2D eigenvalue weighted by Gasteiger charge is -2.28. The third-order valence-electron chi connectivity index (χ3n) is 2.95. The van der Waals surface area contributed by atoms with E-state index in [2.05, 4.69) is 6.58 Å². The highest BCUT2D eigenvalue weighted by Gasteiger charge is 2.36. The maximum absolute atomic E-state index is 11.6. The van der Waals surface area contributed by atoms with Crippen LogP contribution >= 0.6 is 11.6 Å². The highest BCUT2D eigenvalue weighted by atomic mass is 35.5. The number of likely N-dealkylation sites (N-methyl/N-ethyl adjacent to an activating group) is 1. The number of hydrogen-bond donors (Lipinski definition) is 0. The highest BCUT2D eigenvalue weighted by Crippen LogP contribution is 2.29. The first kappa shape index (κ1) is 13.0. The Hall–Kier alpha value is -0.0600. The summed E-state index contributed by atoms with van der Waals surface area (Å²) in [5.74, 6) is 0. The van der Waals surface area contributed by atoms with Crippen molar-refractivity contribution >= 4 is 21.4 Å². The van der Waals surface area contributed by atoms with Gasteiger partial charge in [-0.15, -0.1) is 0 Å². The molecule has 5 heteroatoms. The Morgan fingerprint density at radius 2 is 2.13 bits per heavy atom.